The molecule has 0 bridgehead atoms. The molecule has 104 valence electrons. The lowest BCUT2D eigenvalue weighted by atomic mass is 10.1. The van der Waals surface area contributed by atoms with Gasteiger partial charge >= 0.3 is 6.18 Å². The van der Waals surface area contributed by atoms with E-state index in [0.29, 0.717) is 6.42 Å². The van der Waals surface area contributed by atoms with Crippen LogP contribution in [0.15, 0.2) is 0 Å². The standard InChI is InChI=1S/C12H23F3O2/c1-3-4-5-6-7-8-9-17-10(2)11(16)12(13,14)15/h10-11,16H,3-9H2,1-2H3/t10-,11-/m0/s1/i9D/t9-,10+,11+/m1. The third-order valence-corrected chi connectivity index (χ3v) is 2.52. The summed E-state index contributed by atoms with van der Waals surface area (Å²) in [6, 6.07) is 0. The fourth-order valence-corrected chi connectivity index (χ4v) is 1.39. The van der Waals surface area contributed by atoms with Crippen molar-refractivity contribution < 1.29 is 24.4 Å². The maximum atomic E-state index is 12.2. The van der Waals surface area contributed by atoms with Crippen LogP contribution >= 0.6 is 0 Å². The van der Waals surface area contributed by atoms with E-state index in [2.05, 4.69) is 6.92 Å². The average molecular weight is 257 g/mol. The van der Waals surface area contributed by atoms with Crippen LogP contribution in [0.2, 0.25) is 0 Å². The van der Waals surface area contributed by atoms with Crippen molar-refractivity contribution in [2.24, 2.45) is 0 Å². The zero-order valence-electron chi connectivity index (χ0n) is 11.5. The van der Waals surface area contributed by atoms with E-state index in [4.69, 9.17) is 11.2 Å². The van der Waals surface area contributed by atoms with Crippen LogP contribution in [0.4, 0.5) is 13.2 Å². The number of halogens is 3. The fraction of sp³-hybridized carbons (Fsp3) is 1.00. The summed E-state index contributed by atoms with van der Waals surface area (Å²) in [5.74, 6) is 0. The summed E-state index contributed by atoms with van der Waals surface area (Å²) in [5.41, 5.74) is 0. The van der Waals surface area contributed by atoms with Crippen LogP contribution in [-0.4, -0.2) is 30.1 Å². The lowest BCUT2D eigenvalue weighted by molar-refractivity contribution is -0.234. The monoisotopic (exact) mass is 257 g/mol. The summed E-state index contributed by atoms with van der Waals surface area (Å²) < 4.78 is 48.8. The Bertz CT molecular complexity index is 212. The van der Waals surface area contributed by atoms with Gasteiger partial charge in [-0.15, -0.1) is 0 Å². The number of aliphatic hydroxyl groups is 1. The molecule has 1 N–H and O–H groups in total. The van der Waals surface area contributed by atoms with E-state index in [-0.39, 0.29) is 0 Å². The van der Waals surface area contributed by atoms with Crippen molar-refractivity contribution in [3.8, 4) is 0 Å². The van der Waals surface area contributed by atoms with Crippen LogP contribution in [0.25, 0.3) is 0 Å². The molecule has 0 aromatic rings. The molecule has 0 aliphatic rings. The smallest absolute Gasteiger partial charge is 0.381 e. The molecule has 0 aromatic carbocycles. The second-order valence-corrected chi connectivity index (χ2v) is 4.20. The second kappa shape index (κ2) is 8.75. The number of ether oxygens (including phenoxy) is 1. The van der Waals surface area contributed by atoms with Crippen molar-refractivity contribution in [2.45, 2.75) is 70.8 Å². The van der Waals surface area contributed by atoms with Gasteiger partial charge in [-0.25, -0.2) is 0 Å². The summed E-state index contributed by atoms with van der Waals surface area (Å²) in [6.45, 7) is 2.23. The molecular formula is C12H23F3O2. The van der Waals surface area contributed by atoms with E-state index in [1.54, 1.807) is 0 Å². The van der Waals surface area contributed by atoms with Gasteiger partial charge in [-0.2, -0.15) is 13.2 Å². The van der Waals surface area contributed by atoms with Crippen molar-refractivity contribution in [2.75, 3.05) is 6.58 Å². The zero-order valence-corrected chi connectivity index (χ0v) is 10.5. The van der Waals surface area contributed by atoms with Crippen LogP contribution in [0.3, 0.4) is 0 Å². The summed E-state index contributed by atoms with van der Waals surface area (Å²) >= 11 is 0. The Balaban J connectivity index is 3.77. The molecule has 0 unspecified atom stereocenters. The lowest BCUT2D eigenvalue weighted by Gasteiger charge is -2.21. The maximum absolute atomic E-state index is 12.2. The molecule has 5 heteroatoms. The second-order valence-electron chi connectivity index (χ2n) is 4.20. The van der Waals surface area contributed by atoms with Crippen molar-refractivity contribution >= 4 is 0 Å². The van der Waals surface area contributed by atoms with Gasteiger partial charge in [-0.3, -0.25) is 0 Å². The zero-order chi connectivity index (χ0) is 14.2. The third-order valence-electron chi connectivity index (χ3n) is 2.52. The molecule has 0 spiro atoms. The molecule has 0 aliphatic carbocycles. The van der Waals surface area contributed by atoms with E-state index < -0.39 is 25.0 Å². The highest BCUT2D eigenvalue weighted by Crippen LogP contribution is 2.23. The Morgan fingerprint density at radius 3 is 2.24 bits per heavy atom. The van der Waals surface area contributed by atoms with Gasteiger partial charge in [0.15, 0.2) is 6.10 Å². The van der Waals surface area contributed by atoms with Crippen LogP contribution in [0.5, 0.6) is 0 Å². The molecule has 0 fully saturated rings. The van der Waals surface area contributed by atoms with Crippen molar-refractivity contribution in [3.05, 3.63) is 0 Å². The Labute approximate surface area is 103 Å². The highest BCUT2D eigenvalue weighted by molar-refractivity contribution is 4.72. The number of aliphatic hydroxyl groups excluding tert-OH is 1. The van der Waals surface area contributed by atoms with Gasteiger partial charge in [0.1, 0.15) is 0 Å². The number of rotatable bonds is 9. The van der Waals surface area contributed by atoms with Gasteiger partial charge in [0.2, 0.25) is 0 Å². The highest BCUT2D eigenvalue weighted by Gasteiger charge is 2.42. The van der Waals surface area contributed by atoms with Gasteiger partial charge in [0, 0.05) is 6.58 Å². The lowest BCUT2D eigenvalue weighted by Crippen LogP contribution is -2.39. The first kappa shape index (κ1) is 14.8. The molecular weight excluding hydrogens is 233 g/mol. The van der Waals surface area contributed by atoms with E-state index in [0.717, 1.165) is 39.0 Å². The average Bonchev–Trinajstić information content (AvgIpc) is 2.26. The molecule has 0 aromatic heterocycles. The third kappa shape index (κ3) is 8.44. The van der Waals surface area contributed by atoms with Crippen LogP contribution < -0.4 is 0 Å². The molecule has 17 heavy (non-hydrogen) atoms. The summed E-state index contributed by atoms with van der Waals surface area (Å²) in [5, 5.41) is 8.91. The van der Waals surface area contributed by atoms with E-state index in [1.807, 2.05) is 0 Å². The fourth-order valence-electron chi connectivity index (χ4n) is 1.39. The molecule has 0 saturated carbocycles. The van der Waals surface area contributed by atoms with Crippen LogP contribution in [0, 0.1) is 0 Å². The van der Waals surface area contributed by atoms with Gasteiger partial charge in [0.05, 0.1) is 7.47 Å². The number of unbranched alkanes of at least 4 members (excludes halogenated alkanes) is 4. The first-order valence-electron chi connectivity index (χ1n) is 6.69. The number of hydrogen-bond donors (Lipinski definition) is 1. The van der Waals surface area contributed by atoms with Gasteiger partial charge in [0.25, 0.3) is 0 Å². The minimum atomic E-state index is -4.69. The SMILES string of the molecule is [2H][C@H](CCCCCCC)O[C@@H](C)[C@H](O)C(F)(F)F. The van der Waals surface area contributed by atoms with Crippen molar-refractivity contribution in [1.29, 1.82) is 0 Å². The largest absolute Gasteiger partial charge is 0.416 e. The molecule has 0 saturated heterocycles. The minimum Gasteiger partial charge on any atom is -0.381 e. The first-order chi connectivity index (χ1) is 8.29. The Morgan fingerprint density at radius 1 is 1.18 bits per heavy atom. The number of alkyl halides is 3. The molecule has 2 nitrogen and oxygen atoms in total. The highest BCUT2D eigenvalue weighted by atomic mass is 19.4. The molecule has 3 atom stereocenters. The Kier molecular flexibility index (Phi) is 7.60. The summed E-state index contributed by atoms with van der Waals surface area (Å²) in [7, 11) is 0. The van der Waals surface area contributed by atoms with Gasteiger partial charge in [-0.05, 0) is 13.3 Å². The predicted octanol–water partition coefficient (Wildman–Crippen LogP) is 3.68. The van der Waals surface area contributed by atoms with Crippen molar-refractivity contribution in [1.82, 2.24) is 0 Å². The van der Waals surface area contributed by atoms with Gasteiger partial charge < -0.3 is 9.84 Å². The molecule has 0 heterocycles. The summed E-state index contributed by atoms with van der Waals surface area (Å²) in [4.78, 5) is 0. The van der Waals surface area contributed by atoms with Gasteiger partial charge in [-0.1, -0.05) is 39.0 Å². The molecule has 0 rings (SSSR count). The van der Waals surface area contributed by atoms with Crippen molar-refractivity contribution in [3.63, 3.8) is 0 Å². The number of hydrogen-bond acceptors (Lipinski definition) is 2. The summed E-state index contributed by atoms with van der Waals surface area (Å²) in [6.07, 6.45) is -3.16. The Hall–Kier alpha value is -0.290. The molecule has 0 radical (unpaired) electrons. The van der Waals surface area contributed by atoms with Crippen LogP contribution in [0.1, 0.15) is 53.7 Å². The molecule has 0 aliphatic heterocycles. The Morgan fingerprint density at radius 2 is 1.71 bits per heavy atom. The topological polar surface area (TPSA) is 29.5 Å². The molecule has 0 amide bonds. The van der Waals surface area contributed by atoms with E-state index >= 15 is 0 Å². The van der Waals surface area contributed by atoms with Crippen LogP contribution in [-0.2, 0) is 4.74 Å². The predicted molar refractivity (Wildman–Crippen MR) is 60.9 cm³/mol. The first-order valence-corrected chi connectivity index (χ1v) is 6.11. The quantitative estimate of drug-likeness (QED) is 0.638. The van der Waals surface area contributed by atoms with E-state index in [1.165, 1.54) is 0 Å². The van der Waals surface area contributed by atoms with E-state index in [9.17, 15) is 13.2 Å². The minimum absolute atomic E-state index is 0.401. The normalized spacial score (nSPS) is 18.6. The maximum Gasteiger partial charge on any atom is 0.416 e.